The lowest BCUT2D eigenvalue weighted by Gasteiger charge is -2.12. The van der Waals surface area contributed by atoms with Gasteiger partial charge in [0.05, 0.1) is 5.52 Å². The molecule has 3 aromatic carbocycles. The van der Waals surface area contributed by atoms with Crippen LogP contribution >= 0.6 is 23.8 Å². The Labute approximate surface area is 213 Å². The summed E-state index contributed by atoms with van der Waals surface area (Å²) in [6.07, 6.45) is 0. The summed E-state index contributed by atoms with van der Waals surface area (Å²) >= 11 is 11.2. The van der Waals surface area contributed by atoms with E-state index in [0.29, 0.717) is 16.3 Å². The molecule has 4 aromatic rings. The third kappa shape index (κ3) is 5.62. The number of thiocarbonyl (C=S) groups is 1. The van der Waals surface area contributed by atoms with Gasteiger partial charge in [-0.25, -0.2) is 0 Å². The number of rotatable bonds is 6. The number of nitrogens with zero attached hydrogens (tertiary/aromatic N) is 1. The molecule has 0 radical (unpaired) electrons. The van der Waals surface area contributed by atoms with Crippen LogP contribution in [0.4, 0.5) is 5.69 Å². The Bertz CT molecular complexity index is 1400. The van der Waals surface area contributed by atoms with Gasteiger partial charge in [-0.3, -0.25) is 20.4 Å². The molecule has 0 saturated heterocycles. The number of ether oxygens (including phenoxy) is 1. The molecule has 178 valence electrons. The van der Waals surface area contributed by atoms with Crippen molar-refractivity contribution < 1.29 is 14.3 Å². The maximum atomic E-state index is 12.5. The van der Waals surface area contributed by atoms with Crippen molar-refractivity contribution in [2.24, 2.45) is 0 Å². The summed E-state index contributed by atoms with van der Waals surface area (Å²) in [5.74, 6) is -0.00357. The van der Waals surface area contributed by atoms with Crippen molar-refractivity contribution >= 4 is 57.2 Å². The molecule has 0 fully saturated rings. The van der Waals surface area contributed by atoms with E-state index in [4.69, 9.17) is 28.6 Å². The lowest BCUT2D eigenvalue weighted by Crippen LogP contribution is -2.45. The molecule has 0 unspecified atom stereocenters. The Kier molecular flexibility index (Phi) is 7.33. The Morgan fingerprint density at radius 2 is 1.71 bits per heavy atom. The number of nitrogens with one attached hydrogen (secondary N) is 3. The Morgan fingerprint density at radius 1 is 1.00 bits per heavy atom. The van der Waals surface area contributed by atoms with Gasteiger partial charge in [-0.1, -0.05) is 29.8 Å². The highest BCUT2D eigenvalue weighted by molar-refractivity contribution is 7.80. The van der Waals surface area contributed by atoms with Gasteiger partial charge in [0, 0.05) is 33.0 Å². The monoisotopic (exact) mass is 506 g/mol. The fourth-order valence-corrected chi connectivity index (χ4v) is 4.14. The minimum Gasteiger partial charge on any atom is -0.484 e. The van der Waals surface area contributed by atoms with Crippen molar-refractivity contribution in [3.05, 3.63) is 89.1 Å². The smallest absolute Gasteiger partial charge is 0.276 e. The molecule has 35 heavy (non-hydrogen) atoms. The number of hydrogen-bond donors (Lipinski definition) is 3. The first-order valence-corrected chi connectivity index (χ1v) is 11.6. The molecule has 0 spiro atoms. The molecule has 1 aromatic heterocycles. The number of aromatic nitrogens is 1. The van der Waals surface area contributed by atoms with Gasteiger partial charge in [0.25, 0.3) is 5.91 Å². The number of para-hydroxylation sites is 1. The zero-order valence-corrected chi connectivity index (χ0v) is 20.7. The second kappa shape index (κ2) is 10.6. The van der Waals surface area contributed by atoms with E-state index >= 15 is 0 Å². The summed E-state index contributed by atoms with van der Waals surface area (Å²) in [6, 6.07) is 22.2. The van der Waals surface area contributed by atoms with E-state index in [1.807, 2.05) is 60.0 Å². The summed E-state index contributed by atoms with van der Waals surface area (Å²) in [6.45, 7) is 3.20. The van der Waals surface area contributed by atoms with Gasteiger partial charge in [0.2, 0.25) is 0 Å². The van der Waals surface area contributed by atoms with Crippen LogP contribution in [-0.2, 0) is 4.79 Å². The zero-order valence-electron chi connectivity index (χ0n) is 19.1. The highest BCUT2D eigenvalue weighted by Gasteiger charge is 2.19. The van der Waals surface area contributed by atoms with E-state index in [0.717, 1.165) is 28.0 Å². The third-order valence-electron chi connectivity index (χ3n) is 5.33. The Balaban J connectivity index is 1.46. The molecule has 3 N–H and O–H groups in total. The second-order valence-corrected chi connectivity index (χ2v) is 8.63. The van der Waals surface area contributed by atoms with Crippen molar-refractivity contribution in [1.82, 2.24) is 15.4 Å². The highest BCUT2D eigenvalue weighted by atomic mass is 35.5. The molecule has 1 heterocycles. The van der Waals surface area contributed by atoms with E-state index < -0.39 is 5.91 Å². The minimum atomic E-state index is -0.413. The number of anilines is 1. The number of halogens is 1. The molecular weight excluding hydrogens is 484 g/mol. The summed E-state index contributed by atoms with van der Waals surface area (Å²) in [7, 11) is 0. The topological polar surface area (TPSA) is 84.4 Å². The molecule has 9 heteroatoms. The normalized spacial score (nSPS) is 10.6. The first-order valence-electron chi connectivity index (χ1n) is 10.8. The van der Waals surface area contributed by atoms with E-state index in [-0.39, 0.29) is 17.5 Å². The number of hydrogen-bond acceptors (Lipinski definition) is 4. The lowest BCUT2D eigenvalue weighted by atomic mass is 10.1. The van der Waals surface area contributed by atoms with Gasteiger partial charge in [-0.2, -0.15) is 0 Å². The Morgan fingerprint density at radius 3 is 2.40 bits per heavy atom. The lowest BCUT2D eigenvalue weighted by molar-refractivity contribution is -0.123. The first-order chi connectivity index (χ1) is 16.8. The summed E-state index contributed by atoms with van der Waals surface area (Å²) in [4.78, 5) is 24.7. The van der Waals surface area contributed by atoms with E-state index in [1.54, 1.807) is 24.3 Å². The SMILES string of the molecule is CC(=O)c1c(C)n(-c2ccc(Cl)cc2)c2ccc(OCC(=O)NNC(=S)Nc3ccccc3)cc12. The molecule has 1 amide bonds. The van der Waals surface area contributed by atoms with Gasteiger partial charge < -0.3 is 14.6 Å². The van der Waals surface area contributed by atoms with Gasteiger partial charge in [0.1, 0.15) is 5.75 Å². The quantitative estimate of drug-likeness (QED) is 0.189. The van der Waals surface area contributed by atoms with Gasteiger partial charge in [-0.15, -0.1) is 0 Å². The van der Waals surface area contributed by atoms with Crippen LogP contribution in [-0.4, -0.2) is 28.0 Å². The maximum absolute atomic E-state index is 12.5. The summed E-state index contributed by atoms with van der Waals surface area (Å²) < 4.78 is 7.68. The summed E-state index contributed by atoms with van der Waals surface area (Å²) in [5, 5.41) is 4.58. The van der Waals surface area contributed by atoms with E-state index in [2.05, 4.69) is 16.2 Å². The van der Waals surface area contributed by atoms with Crippen LogP contribution in [0, 0.1) is 6.92 Å². The second-order valence-electron chi connectivity index (χ2n) is 7.79. The number of carbonyl (C=O) groups excluding carboxylic acids is 2. The van der Waals surface area contributed by atoms with Crippen molar-refractivity contribution in [2.45, 2.75) is 13.8 Å². The molecular formula is C26H23ClN4O3S. The molecule has 0 aliphatic rings. The van der Waals surface area contributed by atoms with Crippen LogP contribution in [0.1, 0.15) is 23.0 Å². The predicted molar refractivity (Wildman–Crippen MR) is 142 cm³/mol. The number of carbonyl (C=O) groups is 2. The van der Waals surface area contributed by atoms with Crippen LogP contribution in [0.15, 0.2) is 72.8 Å². The first kappa shape index (κ1) is 24.3. The minimum absolute atomic E-state index is 0.0567. The van der Waals surface area contributed by atoms with Crippen LogP contribution in [0.25, 0.3) is 16.6 Å². The van der Waals surface area contributed by atoms with Crippen molar-refractivity contribution in [3.8, 4) is 11.4 Å². The molecule has 4 rings (SSSR count). The fraction of sp³-hybridized carbons (Fsp3) is 0.115. The molecule has 0 atom stereocenters. The maximum Gasteiger partial charge on any atom is 0.276 e. The number of amides is 1. The van der Waals surface area contributed by atoms with E-state index in [9.17, 15) is 9.59 Å². The number of fused-ring (bicyclic) bond motifs is 1. The molecule has 7 nitrogen and oxygen atoms in total. The average molecular weight is 507 g/mol. The van der Waals surface area contributed by atoms with Gasteiger partial charge in [-0.05, 0) is 80.7 Å². The average Bonchev–Trinajstić information content (AvgIpc) is 3.13. The number of Topliss-reactive ketones (excluding diaryl/α,β-unsaturated/α-hetero) is 1. The standard InChI is InChI=1S/C26H23ClN4O3S/c1-16-25(17(2)32)22-14-21(12-13-23(22)31(16)20-10-8-18(27)9-11-20)34-15-24(33)29-30-26(35)28-19-6-4-3-5-7-19/h3-14H,15H2,1-2H3,(H,29,33)(H2,28,30,35). The van der Waals surface area contributed by atoms with Crippen LogP contribution in [0.5, 0.6) is 5.75 Å². The van der Waals surface area contributed by atoms with Crippen LogP contribution in [0.2, 0.25) is 5.02 Å². The molecule has 0 bridgehead atoms. The fourth-order valence-electron chi connectivity index (χ4n) is 3.85. The van der Waals surface area contributed by atoms with Crippen molar-refractivity contribution in [2.75, 3.05) is 11.9 Å². The van der Waals surface area contributed by atoms with Crippen LogP contribution < -0.4 is 20.9 Å². The molecule has 0 aliphatic carbocycles. The Hall–Kier alpha value is -3.88. The summed E-state index contributed by atoms with van der Waals surface area (Å²) in [5.41, 5.74) is 9.09. The van der Waals surface area contributed by atoms with E-state index in [1.165, 1.54) is 6.92 Å². The largest absolute Gasteiger partial charge is 0.484 e. The predicted octanol–water partition coefficient (Wildman–Crippen LogP) is 5.19. The number of hydrazine groups is 1. The van der Waals surface area contributed by atoms with Gasteiger partial charge in [0.15, 0.2) is 17.5 Å². The molecule has 0 aliphatic heterocycles. The zero-order chi connectivity index (χ0) is 24.9. The highest BCUT2D eigenvalue weighted by Crippen LogP contribution is 2.32. The number of ketones is 1. The van der Waals surface area contributed by atoms with Crippen LogP contribution in [0.3, 0.4) is 0 Å². The van der Waals surface area contributed by atoms with Crippen molar-refractivity contribution in [1.29, 1.82) is 0 Å². The van der Waals surface area contributed by atoms with Crippen molar-refractivity contribution in [3.63, 3.8) is 0 Å². The third-order valence-corrected chi connectivity index (χ3v) is 5.79. The number of benzene rings is 3. The molecule has 0 saturated carbocycles. The van der Waals surface area contributed by atoms with Gasteiger partial charge >= 0.3 is 0 Å².